The van der Waals surface area contributed by atoms with E-state index in [1.54, 1.807) is 4.90 Å². The molecular formula is C15H25N3O2. The molecule has 2 rings (SSSR count). The maximum atomic E-state index is 12.3. The Kier molecular flexibility index (Phi) is 5.20. The van der Waals surface area contributed by atoms with Gasteiger partial charge in [0, 0.05) is 19.6 Å². The van der Waals surface area contributed by atoms with E-state index >= 15 is 0 Å². The van der Waals surface area contributed by atoms with Crippen LogP contribution >= 0.6 is 0 Å². The fourth-order valence-corrected chi connectivity index (χ4v) is 2.76. The van der Waals surface area contributed by atoms with Gasteiger partial charge in [-0.15, -0.1) is 0 Å². The molecule has 1 fully saturated rings. The Balaban J connectivity index is 1.84. The van der Waals surface area contributed by atoms with Crippen molar-refractivity contribution in [2.75, 3.05) is 33.7 Å². The summed E-state index contributed by atoms with van der Waals surface area (Å²) in [6.45, 7) is 4.93. The van der Waals surface area contributed by atoms with Gasteiger partial charge in [-0.2, -0.15) is 0 Å². The molecular weight excluding hydrogens is 254 g/mol. The van der Waals surface area contributed by atoms with Crippen molar-refractivity contribution in [3.8, 4) is 0 Å². The van der Waals surface area contributed by atoms with Gasteiger partial charge in [0.2, 0.25) is 5.91 Å². The van der Waals surface area contributed by atoms with Crippen LogP contribution < -0.4 is 5.32 Å². The van der Waals surface area contributed by atoms with Gasteiger partial charge in [0.05, 0.1) is 13.1 Å². The Morgan fingerprint density at radius 2 is 2.35 bits per heavy atom. The van der Waals surface area contributed by atoms with Crippen LogP contribution in [0.3, 0.4) is 0 Å². The van der Waals surface area contributed by atoms with E-state index in [-0.39, 0.29) is 5.91 Å². The van der Waals surface area contributed by atoms with E-state index in [9.17, 15) is 4.79 Å². The molecule has 0 aromatic carbocycles. The van der Waals surface area contributed by atoms with Gasteiger partial charge in [-0.05, 0) is 45.5 Å². The number of amides is 1. The van der Waals surface area contributed by atoms with E-state index < -0.39 is 0 Å². The van der Waals surface area contributed by atoms with Crippen LogP contribution in [0.1, 0.15) is 24.4 Å². The second-order valence-electron chi connectivity index (χ2n) is 5.59. The molecule has 1 aromatic rings. The molecule has 1 atom stereocenters. The standard InChI is InChI=1S/C15H25N3O2/c1-12-6-7-14(20-12)10-17(3)15(19)11-18-8-4-5-13(18)9-16-2/h6-7,13,16H,4-5,8-11H2,1-3H3. The lowest BCUT2D eigenvalue weighted by Crippen LogP contribution is -2.43. The highest BCUT2D eigenvalue weighted by Gasteiger charge is 2.26. The number of likely N-dealkylation sites (tertiary alicyclic amines) is 1. The second kappa shape index (κ2) is 6.90. The van der Waals surface area contributed by atoms with E-state index in [1.807, 2.05) is 33.2 Å². The smallest absolute Gasteiger partial charge is 0.236 e. The van der Waals surface area contributed by atoms with Gasteiger partial charge in [0.15, 0.2) is 0 Å². The number of nitrogens with zero attached hydrogens (tertiary/aromatic N) is 2. The van der Waals surface area contributed by atoms with E-state index in [0.29, 0.717) is 19.1 Å². The third-order valence-electron chi connectivity index (χ3n) is 3.89. The number of hydrogen-bond acceptors (Lipinski definition) is 4. The fraction of sp³-hybridized carbons (Fsp3) is 0.667. The van der Waals surface area contributed by atoms with Gasteiger partial charge < -0.3 is 14.6 Å². The number of aryl methyl sites for hydroxylation is 1. The van der Waals surface area contributed by atoms with Crippen LogP contribution in [0.2, 0.25) is 0 Å². The average Bonchev–Trinajstić information content (AvgIpc) is 3.00. The first-order valence-corrected chi connectivity index (χ1v) is 7.28. The molecule has 2 heterocycles. The van der Waals surface area contributed by atoms with E-state index in [2.05, 4.69) is 10.2 Å². The Morgan fingerprint density at radius 1 is 1.55 bits per heavy atom. The zero-order valence-electron chi connectivity index (χ0n) is 12.7. The third-order valence-corrected chi connectivity index (χ3v) is 3.89. The normalized spacial score (nSPS) is 19.4. The molecule has 1 N–H and O–H groups in total. The van der Waals surface area contributed by atoms with Crippen molar-refractivity contribution in [2.45, 2.75) is 32.4 Å². The minimum Gasteiger partial charge on any atom is -0.464 e. The van der Waals surface area contributed by atoms with Crippen LogP contribution in [0.25, 0.3) is 0 Å². The number of hydrogen-bond donors (Lipinski definition) is 1. The van der Waals surface area contributed by atoms with Crippen molar-refractivity contribution in [2.24, 2.45) is 0 Å². The molecule has 5 nitrogen and oxygen atoms in total. The van der Waals surface area contributed by atoms with Crippen LogP contribution in [-0.4, -0.2) is 55.5 Å². The molecule has 1 aromatic heterocycles. The first-order chi connectivity index (χ1) is 9.60. The Labute approximate surface area is 120 Å². The summed E-state index contributed by atoms with van der Waals surface area (Å²) in [5.74, 6) is 1.88. The van der Waals surface area contributed by atoms with Gasteiger partial charge in [-0.1, -0.05) is 0 Å². The number of carbonyl (C=O) groups is 1. The quantitative estimate of drug-likeness (QED) is 0.851. The van der Waals surface area contributed by atoms with Crippen molar-refractivity contribution in [3.63, 3.8) is 0 Å². The molecule has 20 heavy (non-hydrogen) atoms. The molecule has 5 heteroatoms. The highest BCUT2D eigenvalue weighted by atomic mass is 16.3. The lowest BCUT2D eigenvalue weighted by molar-refractivity contribution is -0.132. The Hall–Kier alpha value is -1.33. The molecule has 1 aliphatic heterocycles. The first kappa shape index (κ1) is 15.1. The van der Waals surface area contributed by atoms with Gasteiger partial charge >= 0.3 is 0 Å². The average molecular weight is 279 g/mol. The fourth-order valence-electron chi connectivity index (χ4n) is 2.76. The van der Waals surface area contributed by atoms with Crippen LogP contribution in [-0.2, 0) is 11.3 Å². The number of furan rings is 1. The van der Waals surface area contributed by atoms with Crippen molar-refractivity contribution < 1.29 is 9.21 Å². The van der Waals surface area contributed by atoms with Crippen molar-refractivity contribution in [1.82, 2.24) is 15.1 Å². The minimum absolute atomic E-state index is 0.155. The predicted molar refractivity (Wildman–Crippen MR) is 78.4 cm³/mol. The largest absolute Gasteiger partial charge is 0.464 e. The van der Waals surface area contributed by atoms with Crippen LogP contribution in [0.5, 0.6) is 0 Å². The highest BCUT2D eigenvalue weighted by molar-refractivity contribution is 5.78. The Bertz CT molecular complexity index is 444. The molecule has 1 aliphatic rings. The summed E-state index contributed by atoms with van der Waals surface area (Å²) in [4.78, 5) is 16.3. The summed E-state index contributed by atoms with van der Waals surface area (Å²) < 4.78 is 5.52. The van der Waals surface area contributed by atoms with E-state index in [4.69, 9.17) is 4.42 Å². The van der Waals surface area contributed by atoms with Crippen molar-refractivity contribution in [1.29, 1.82) is 0 Å². The lowest BCUT2D eigenvalue weighted by Gasteiger charge is -2.26. The summed E-state index contributed by atoms with van der Waals surface area (Å²) in [6, 6.07) is 4.35. The number of rotatable bonds is 6. The molecule has 112 valence electrons. The molecule has 0 spiro atoms. The SMILES string of the molecule is CNCC1CCCN1CC(=O)N(C)Cc1ccc(C)o1. The molecule has 1 unspecified atom stereocenters. The van der Waals surface area contributed by atoms with E-state index in [0.717, 1.165) is 24.6 Å². The topological polar surface area (TPSA) is 48.7 Å². The zero-order chi connectivity index (χ0) is 14.5. The summed E-state index contributed by atoms with van der Waals surface area (Å²) in [6.07, 6.45) is 2.36. The van der Waals surface area contributed by atoms with Gasteiger partial charge in [-0.3, -0.25) is 9.69 Å². The van der Waals surface area contributed by atoms with Gasteiger partial charge in [-0.25, -0.2) is 0 Å². The van der Waals surface area contributed by atoms with Gasteiger partial charge in [0.1, 0.15) is 11.5 Å². The molecule has 0 radical (unpaired) electrons. The third kappa shape index (κ3) is 3.84. The predicted octanol–water partition coefficient (Wildman–Crippen LogP) is 1.23. The maximum absolute atomic E-state index is 12.3. The maximum Gasteiger partial charge on any atom is 0.236 e. The minimum atomic E-state index is 0.155. The number of carbonyl (C=O) groups excluding carboxylic acids is 1. The monoisotopic (exact) mass is 279 g/mol. The first-order valence-electron chi connectivity index (χ1n) is 7.28. The van der Waals surface area contributed by atoms with Gasteiger partial charge in [0.25, 0.3) is 0 Å². The second-order valence-corrected chi connectivity index (χ2v) is 5.59. The summed E-state index contributed by atoms with van der Waals surface area (Å²) in [7, 11) is 3.80. The Morgan fingerprint density at radius 3 is 3.00 bits per heavy atom. The number of nitrogens with one attached hydrogen (secondary N) is 1. The summed E-state index contributed by atoms with van der Waals surface area (Å²) >= 11 is 0. The molecule has 1 amide bonds. The van der Waals surface area contributed by atoms with Crippen molar-refractivity contribution >= 4 is 5.91 Å². The van der Waals surface area contributed by atoms with Crippen LogP contribution in [0.4, 0.5) is 0 Å². The number of likely N-dealkylation sites (N-methyl/N-ethyl adjacent to an activating group) is 2. The summed E-state index contributed by atoms with van der Waals surface area (Å²) in [5.41, 5.74) is 0. The zero-order valence-corrected chi connectivity index (χ0v) is 12.7. The van der Waals surface area contributed by atoms with Crippen LogP contribution in [0, 0.1) is 6.92 Å². The van der Waals surface area contributed by atoms with E-state index in [1.165, 1.54) is 12.8 Å². The molecule has 1 saturated heterocycles. The lowest BCUT2D eigenvalue weighted by atomic mass is 10.2. The molecule has 0 aliphatic carbocycles. The molecule has 0 bridgehead atoms. The summed E-state index contributed by atoms with van der Waals surface area (Å²) in [5, 5.41) is 3.20. The van der Waals surface area contributed by atoms with Crippen molar-refractivity contribution in [3.05, 3.63) is 23.7 Å². The molecule has 0 saturated carbocycles. The highest BCUT2D eigenvalue weighted by Crippen LogP contribution is 2.16. The van der Waals surface area contributed by atoms with Crippen LogP contribution in [0.15, 0.2) is 16.5 Å².